The molecule has 0 radical (unpaired) electrons. The SMILES string of the molecule is C=Cc1c(C)c2ccccc2n2ccnc12. The fourth-order valence-electron chi connectivity index (χ4n) is 2.26. The molecule has 2 aromatic heterocycles. The van der Waals surface area contributed by atoms with Crippen LogP contribution >= 0.6 is 0 Å². The molecule has 2 heterocycles. The number of rotatable bonds is 1. The lowest BCUT2D eigenvalue weighted by Gasteiger charge is -2.09. The molecule has 1 aromatic carbocycles. The van der Waals surface area contributed by atoms with Crippen molar-refractivity contribution in [1.29, 1.82) is 0 Å². The Balaban J connectivity index is 2.68. The summed E-state index contributed by atoms with van der Waals surface area (Å²) in [7, 11) is 0. The van der Waals surface area contributed by atoms with E-state index in [1.165, 1.54) is 16.5 Å². The highest BCUT2D eigenvalue weighted by Gasteiger charge is 2.09. The van der Waals surface area contributed by atoms with Gasteiger partial charge >= 0.3 is 0 Å². The smallest absolute Gasteiger partial charge is 0.144 e. The van der Waals surface area contributed by atoms with Gasteiger partial charge in [0.15, 0.2) is 0 Å². The Morgan fingerprint density at radius 2 is 2.12 bits per heavy atom. The molecule has 0 spiro atoms. The van der Waals surface area contributed by atoms with Crippen molar-refractivity contribution < 1.29 is 0 Å². The monoisotopic (exact) mass is 208 g/mol. The van der Waals surface area contributed by atoms with E-state index in [1.807, 2.05) is 18.5 Å². The van der Waals surface area contributed by atoms with Crippen molar-refractivity contribution in [3.05, 3.63) is 54.4 Å². The molecular weight excluding hydrogens is 196 g/mol. The molecule has 16 heavy (non-hydrogen) atoms. The predicted octanol–water partition coefficient (Wildman–Crippen LogP) is 3.44. The predicted molar refractivity (Wildman–Crippen MR) is 67.5 cm³/mol. The molecule has 0 saturated carbocycles. The van der Waals surface area contributed by atoms with Gasteiger partial charge in [0.2, 0.25) is 0 Å². The van der Waals surface area contributed by atoms with Gasteiger partial charge < -0.3 is 0 Å². The first-order chi connectivity index (χ1) is 7.83. The highest BCUT2D eigenvalue weighted by molar-refractivity contribution is 5.90. The number of hydrogen-bond acceptors (Lipinski definition) is 1. The van der Waals surface area contributed by atoms with Crippen molar-refractivity contribution in [2.75, 3.05) is 0 Å². The molecule has 0 unspecified atom stereocenters. The fourth-order valence-corrected chi connectivity index (χ4v) is 2.26. The summed E-state index contributed by atoms with van der Waals surface area (Å²) in [6, 6.07) is 8.36. The normalized spacial score (nSPS) is 11.1. The van der Waals surface area contributed by atoms with Gasteiger partial charge in [-0.1, -0.05) is 30.9 Å². The van der Waals surface area contributed by atoms with Crippen LogP contribution in [-0.2, 0) is 0 Å². The van der Waals surface area contributed by atoms with Crippen LogP contribution < -0.4 is 0 Å². The molecule has 78 valence electrons. The highest BCUT2D eigenvalue weighted by atomic mass is 15.0. The third-order valence-corrected chi connectivity index (χ3v) is 3.06. The number of aromatic nitrogens is 2. The topological polar surface area (TPSA) is 17.3 Å². The number of hydrogen-bond donors (Lipinski definition) is 0. The van der Waals surface area contributed by atoms with Crippen LogP contribution in [0.25, 0.3) is 22.6 Å². The van der Waals surface area contributed by atoms with Crippen LogP contribution in [0.5, 0.6) is 0 Å². The van der Waals surface area contributed by atoms with Gasteiger partial charge in [-0.05, 0) is 18.6 Å². The van der Waals surface area contributed by atoms with Crippen LogP contribution in [0.3, 0.4) is 0 Å². The summed E-state index contributed by atoms with van der Waals surface area (Å²) in [6.45, 7) is 5.99. The van der Waals surface area contributed by atoms with E-state index in [0.29, 0.717) is 0 Å². The van der Waals surface area contributed by atoms with E-state index in [9.17, 15) is 0 Å². The molecule has 0 fully saturated rings. The van der Waals surface area contributed by atoms with Crippen molar-refractivity contribution in [3.8, 4) is 0 Å². The quantitative estimate of drug-likeness (QED) is 0.598. The first kappa shape index (κ1) is 9.16. The second-order valence-corrected chi connectivity index (χ2v) is 3.88. The zero-order valence-corrected chi connectivity index (χ0v) is 9.14. The van der Waals surface area contributed by atoms with Crippen LogP contribution in [0.4, 0.5) is 0 Å². The first-order valence-electron chi connectivity index (χ1n) is 5.29. The van der Waals surface area contributed by atoms with Crippen LogP contribution in [-0.4, -0.2) is 9.38 Å². The van der Waals surface area contributed by atoms with Gasteiger partial charge in [-0.25, -0.2) is 4.98 Å². The summed E-state index contributed by atoms with van der Waals surface area (Å²) in [5, 5.41) is 1.25. The van der Waals surface area contributed by atoms with E-state index < -0.39 is 0 Å². The zero-order chi connectivity index (χ0) is 11.1. The fraction of sp³-hybridized carbons (Fsp3) is 0.0714. The maximum absolute atomic E-state index is 4.39. The molecule has 2 heteroatoms. The molecule has 0 aliphatic carbocycles. The molecule has 3 aromatic rings. The average molecular weight is 208 g/mol. The van der Waals surface area contributed by atoms with Crippen LogP contribution in [0, 0.1) is 6.92 Å². The Hall–Kier alpha value is -2.09. The van der Waals surface area contributed by atoms with Crippen LogP contribution in [0.15, 0.2) is 43.2 Å². The summed E-state index contributed by atoms with van der Waals surface area (Å²) >= 11 is 0. The Labute approximate surface area is 93.9 Å². The first-order valence-corrected chi connectivity index (χ1v) is 5.29. The highest BCUT2D eigenvalue weighted by Crippen LogP contribution is 2.25. The molecule has 0 aliphatic heterocycles. The second kappa shape index (κ2) is 3.20. The van der Waals surface area contributed by atoms with Gasteiger partial charge in [0, 0.05) is 23.3 Å². The Morgan fingerprint density at radius 3 is 2.94 bits per heavy atom. The average Bonchev–Trinajstić information content (AvgIpc) is 2.79. The minimum atomic E-state index is 0.978. The number of nitrogens with zero attached hydrogens (tertiary/aromatic N) is 2. The molecule has 0 amide bonds. The van der Waals surface area contributed by atoms with E-state index in [4.69, 9.17) is 0 Å². The third kappa shape index (κ3) is 1.04. The van der Waals surface area contributed by atoms with E-state index in [1.54, 1.807) is 0 Å². The van der Waals surface area contributed by atoms with Gasteiger partial charge in [0.1, 0.15) is 5.65 Å². The third-order valence-electron chi connectivity index (χ3n) is 3.06. The molecule has 0 atom stereocenters. The molecule has 0 aliphatic rings. The van der Waals surface area contributed by atoms with Gasteiger partial charge in [0.05, 0.1) is 5.52 Å². The zero-order valence-electron chi connectivity index (χ0n) is 9.14. The Kier molecular flexibility index (Phi) is 1.83. The van der Waals surface area contributed by atoms with Gasteiger partial charge in [-0.2, -0.15) is 0 Å². The van der Waals surface area contributed by atoms with Gasteiger partial charge in [-0.15, -0.1) is 0 Å². The molecule has 2 nitrogen and oxygen atoms in total. The summed E-state index contributed by atoms with van der Waals surface area (Å²) in [5.74, 6) is 0. The molecular formula is C14H12N2. The molecule has 0 saturated heterocycles. The van der Waals surface area contributed by atoms with E-state index >= 15 is 0 Å². The molecule has 0 N–H and O–H groups in total. The Morgan fingerprint density at radius 1 is 1.31 bits per heavy atom. The lowest BCUT2D eigenvalue weighted by Crippen LogP contribution is -1.94. The summed E-state index contributed by atoms with van der Waals surface area (Å²) < 4.78 is 2.11. The van der Waals surface area contributed by atoms with Crippen molar-refractivity contribution >= 4 is 22.6 Å². The van der Waals surface area contributed by atoms with Crippen molar-refractivity contribution in [3.63, 3.8) is 0 Å². The number of para-hydroxylation sites is 1. The second-order valence-electron chi connectivity index (χ2n) is 3.88. The van der Waals surface area contributed by atoms with Crippen molar-refractivity contribution in [2.24, 2.45) is 0 Å². The van der Waals surface area contributed by atoms with Crippen LogP contribution in [0.2, 0.25) is 0 Å². The maximum atomic E-state index is 4.39. The lowest BCUT2D eigenvalue weighted by atomic mass is 10.0. The lowest BCUT2D eigenvalue weighted by molar-refractivity contribution is 1.23. The largest absolute Gasteiger partial charge is 0.299 e. The molecule has 0 bridgehead atoms. The van der Waals surface area contributed by atoms with Crippen molar-refractivity contribution in [1.82, 2.24) is 9.38 Å². The summed E-state index contributed by atoms with van der Waals surface area (Å²) in [6.07, 6.45) is 5.70. The molecule has 3 rings (SSSR count). The summed E-state index contributed by atoms with van der Waals surface area (Å²) in [4.78, 5) is 4.39. The minimum absolute atomic E-state index is 0.978. The Bertz CT molecular complexity index is 692. The van der Waals surface area contributed by atoms with Crippen LogP contribution in [0.1, 0.15) is 11.1 Å². The number of fused-ring (bicyclic) bond motifs is 3. The number of benzene rings is 1. The van der Waals surface area contributed by atoms with E-state index in [0.717, 1.165) is 11.2 Å². The summed E-state index contributed by atoms with van der Waals surface area (Å²) in [5.41, 5.74) is 4.53. The van der Waals surface area contributed by atoms with Gasteiger partial charge in [-0.3, -0.25) is 4.40 Å². The minimum Gasteiger partial charge on any atom is -0.299 e. The number of imidazole rings is 1. The van der Waals surface area contributed by atoms with Crippen molar-refractivity contribution in [2.45, 2.75) is 6.92 Å². The van der Waals surface area contributed by atoms with E-state index in [-0.39, 0.29) is 0 Å². The standard InChI is InChI=1S/C14H12N2/c1-3-11-10(2)12-6-4-5-7-13(12)16-9-8-15-14(11)16/h3-9H,1H2,2H3. The van der Waals surface area contributed by atoms with E-state index in [2.05, 4.69) is 47.2 Å². The number of aryl methyl sites for hydroxylation is 1. The number of pyridine rings is 1. The van der Waals surface area contributed by atoms with Gasteiger partial charge in [0.25, 0.3) is 0 Å². The maximum Gasteiger partial charge on any atom is 0.144 e.